The van der Waals surface area contributed by atoms with Crippen molar-refractivity contribution in [3.05, 3.63) is 22.2 Å². The molecule has 2 rings (SSSR count). The maximum absolute atomic E-state index is 12.3. The molecule has 16 heavy (non-hydrogen) atoms. The van der Waals surface area contributed by atoms with E-state index < -0.39 is 18.6 Å². The van der Waals surface area contributed by atoms with Crippen molar-refractivity contribution in [2.75, 3.05) is 0 Å². The van der Waals surface area contributed by atoms with E-state index in [0.29, 0.717) is 0 Å². The highest BCUT2D eigenvalue weighted by atomic mass is 32.1. The van der Waals surface area contributed by atoms with E-state index in [2.05, 4.69) is 9.97 Å². The van der Waals surface area contributed by atoms with Gasteiger partial charge in [0.15, 0.2) is 0 Å². The Hall–Kier alpha value is -1.48. The average Bonchev–Trinajstić information content (AvgIpc) is 2.59. The first-order chi connectivity index (χ1) is 7.41. The van der Waals surface area contributed by atoms with Crippen LogP contribution in [0.1, 0.15) is 11.5 Å². The molecule has 0 amide bonds. The molecule has 0 aromatic carbocycles. The summed E-state index contributed by atoms with van der Waals surface area (Å²) in [5.74, 6) is -1.40. The standard InChI is InChI=1S/C7H5F3N4OS/c8-7(9,10)5-12-6-11-4(16)1-3(2-15)14(6)13-5/h1,15H,2H2,(H,11,12,13,16). The number of fused-ring (bicyclic) bond motifs is 1. The molecule has 0 atom stereocenters. The van der Waals surface area contributed by atoms with Gasteiger partial charge < -0.3 is 5.11 Å². The second-order valence-electron chi connectivity index (χ2n) is 2.95. The van der Waals surface area contributed by atoms with E-state index in [0.717, 1.165) is 4.52 Å². The van der Waals surface area contributed by atoms with E-state index in [1.807, 2.05) is 5.10 Å². The molecule has 2 aromatic heterocycles. The van der Waals surface area contributed by atoms with Crippen molar-refractivity contribution < 1.29 is 18.3 Å². The van der Waals surface area contributed by atoms with Crippen molar-refractivity contribution in [3.8, 4) is 0 Å². The second kappa shape index (κ2) is 3.52. The minimum absolute atomic E-state index is 0.0734. The van der Waals surface area contributed by atoms with Gasteiger partial charge in [0, 0.05) is 0 Å². The van der Waals surface area contributed by atoms with E-state index in [1.54, 1.807) is 0 Å². The van der Waals surface area contributed by atoms with Gasteiger partial charge in [-0.3, -0.25) is 5.10 Å². The van der Waals surface area contributed by atoms with Gasteiger partial charge in [-0.2, -0.15) is 23.1 Å². The normalized spacial score (nSPS) is 12.2. The maximum atomic E-state index is 12.3. The number of nitrogens with zero attached hydrogens (tertiary/aromatic N) is 3. The molecule has 0 saturated heterocycles. The molecule has 0 spiro atoms. The number of nitrogens with one attached hydrogen (secondary N) is 1. The molecule has 0 radical (unpaired) electrons. The second-order valence-corrected chi connectivity index (χ2v) is 3.37. The molecule has 9 heteroatoms. The summed E-state index contributed by atoms with van der Waals surface area (Å²) in [6.45, 7) is -0.465. The monoisotopic (exact) mass is 250 g/mol. The highest BCUT2D eigenvalue weighted by molar-refractivity contribution is 7.71. The lowest BCUT2D eigenvalue weighted by molar-refractivity contribution is -0.144. The van der Waals surface area contributed by atoms with Crippen LogP contribution in [0, 0.1) is 4.64 Å². The number of aliphatic hydroxyl groups is 1. The lowest BCUT2D eigenvalue weighted by atomic mass is 10.4. The van der Waals surface area contributed by atoms with Gasteiger partial charge in [0.2, 0.25) is 5.82 Å². The largest absolute Gasteiger partial charge is 0.451 e. The van der Waals surface area contributed by atoms with Crippen molar-refractivity contribution in [1.29, 1.82) is 0 Å². The number of hydrogen-bond donors (Lipinski definition) is 2. The molecule has 86 valence electrons. The van der Waals surface area contributed by atoms with Crippen LogP contribution in [0.15, 0.2) is 6.07 Å². The number of hydrogen-bond acceptors (Lipinski definition) is 4. The Morgan fingerprint density at radius 3 is 2.69 bits per heavy atom. The van der Waals surface area contributed by atoms with E-state index in [1.165, 1.54) is 6.07 Å². The summed E-state index contributed by atoms with van der Waals surface area (Å²) < 4.78 is 38.0. The summed E-state index contributed by atoms with van der Waals surface area (Å²) in [5.41, 5.74) is 0.165. The number of aromatic amines is 1. The summed E-state index contributed by atoms with van der Waals surface area (Å²) in [5, 5.41) is 10.9. The lowest BCUT2D eigenvalue weighted by Crippen LogP contribution is -2.08. The Morgan fingerprint density at radius 1 is 1.44 bits per heavy atom. The third kappa shape index (κ3) is 1.78. The smallest absolute Gasteiger partial charge is 0.390 e. The van der Waals surface area contributed by atoms with Crippen LogP contribution < -0.4 is 0 Å². The molecule has 0 aliphatic heterocycles. The Balaban J connectivity index is 2.75. The summed E-state index contributed by atoms with van der Waals surface area (Å²) >= 11 is 4.73. The van der Waals surface area contributed by atoms with Crippen LogP contribution in [0.25, 0.3) is 5.78 Å². The van der Waals surface area contributed by atoms with Gasteiger partial charge in [-0.25, -0.2) is 4.52 Å². The molecule has 0 fully saturated rings. The Morgan fingerprint density at radius 2 is 2.12 bits per heavy atom. The molecule has 0 saturated carbocycles. The first kappa shape index (κ1) is 11.0. The van der Waals surface area contributed by atoms with Crippen molar-refractivity contribution in [3.63, 3.8) is 0 Å². The first-order valence-corrected chi connectivity index (χ1v) is 4.49. The van der Waals surface area contributed by atoms with Gasteiger partial charge in [-0.1, -0.05) is 12.2 Å². The van der Waals surface area contributed by atoms with Gasteiger partial charge in [0.1, 0.15) is 4.64 Å². The number of alkyl halides is 3. The van der Waals surface area contributed by atoms with E-state index in [9.17, 15) is 13.2 Å². The topological polar surface area (TPSA) is 66.2 Å². The van der Waals surface area contributed by atoms with Crippen LogP contribution in [0.3, 0.4) is 0 Å². The minimum Gasteiger partial charge on any atom is -0.390 e. The Bertz CT molecular complexity index is 587. The van der Waals surface area contributed by atoms with Crippen molar-refractivity contribution in [2.24, 2.45) is 0 Å². The molecule has 2 heterocycles. The van der Waals surface area contributed by atoms with Gasteiger partial charge >= 0.3 is 6.18 Å². The van der Waals surface area contributed by atoms with E-state index >= 15 is 0 Å². The summed E-state index contributed by atoms with van der Waals surface area (Å²) in [7, 11) is 0. The zero-order chi connectivity index (χ0) is 11.9. The predicted octanol–water partition coefficient (Wildman–Crippen LogP) is 1.30. The predicted molar refractivity (Wildman–Crippen MR) is 49.1 cm³/mol. The lowest BCUT2D eigenvalue weighted by Gasteiger charge is -2.00. The molecule has 0 aliphatic carbocycles. The Kier molecular flexibility index (Phi) is 2.43. The van der Waals surface area contributed by atoms with Crippen molar-refractivity contribution in [2.45, 2.75) is 12.8 Å². The third-order valence-electron chi connectivity index (χ3n) is 1.85. The molecule has 0 bridgehead atoms. The highest BCUT2D eigenvalue weighted by Crippen LogP contribution is 2.26. The van der Waals surface area contributed by atoms with Crippen LogP contribution in [-0.2, 0) is 12.8 Å². The summed E-state index contributed by atoms with van der Waals surface area (Å²) in [4.78, 5) is 6.89. The van der Waals surface area contributed by atoms with Crippen LogP contribution >= 0.6 is 12.2 Å². The van der Waals surface area contributed by atoms with Crippen LogP contribution in [0.4, 0.5) is 13.2 Å². The molecular formula is C7H5F3N4OS. The molecule has 2 aromatic rings. The average molecular weight is 250 g/mol. The number of aliphatic hydroxyl groups excluding tert-OH is 1. The van der Waals surface area contributed by atoms with Gasteiger partial charge in [0.25, 0.3) is 5.78 Å². The zero-order valence-electron chi connectivity index (χ0n) is 7.62. The maximum Gasteiger partial charge on any atom is 0.451 e. The van der Waals surface area contributed by atoms with E-state index in [-0.39, 0.29) is 16.1 Å². The number of H-pyrrole nitrogens is 1. The van der Waals surface area contributed by atoms with Crippen LogP contribution in [0.2, 0.25) is 0 Å². The van der Waals surface area contributed by atoms with Crippen LogP contribution in [0.5, 0.6) is 0 Å². The van der Waals surface area contributed by atoms with Gasteiger partial charge in [0.05, 0.1) is 12.3 Å². The number of halogens is 3. The minimum atomic E-state index is -4.60. The Labute approximate surface area is 91.6 Å². The molecule has 2 N–H and O–H groups in total. The van der Waals surface area contributed by atoms with Crippen LogP contribution in [-0.4, -0.2) is 24.7 Å². The molecular weight excluding hydrogens is 245 g/mol. The highest BCUT2D eigenvalue weighted by Gasteiger charge is 2.35. The number of rotatable bonds is 1. The fourth-order valence-electron chi connectivity index (χ4n) is 1.19. The molecule has 0 unspecified atom stereocenters. The first-order valence-electron chi connectivity index (χ1n) is 4.08. The third-order valence-corrected chi connectivity index (χ3v) is 2.06. The summed E-state index contributed by atoms with van der Waals surface area (Å²) in [6, 6.07) is 1.29. The SMILES string of the molecule is OCc1cc(=S)nc2nc(C(F)(F)F)[nH]n12. The van der Waals surface area contributed by atoms with Crippen molar-refractivity contribution >= 4 is 18.0 Å². The van der Waals surface area contributed by atoms with Gasteiger partial charge in [-0.05, 0) is 6.07 Å². The molecule has 0 aliphatic rings. The van der Waals surface area contributed by atoms with E-state index in [4.69, 9.17) is 17.3 Å². The number of aromatic nitrogens is 4. The molecule has 5 nitrogen and oxygen atoms in total. The quantitative estimate of drug-likeness (QED) is 0.749. The van der Waals surface area contributed by atoms with Crippen molar-refractivity contribution in [1.82, 2.24) is 19.6 Å². The van der Waals surface area contributed by atoms with Gasteiger partial charge in [-0.15, -0.1) is 0 Å². The summed E-state index contributed by atoms with van der Waals surface area (Å²) in [6.07, 6.45) is -4.60. The zero-order valence-corrected chi connectivity index (χ0v) is 8.43. The fraction of sp³-hybridized carbons (Fsp3) is 0.286. The fourth-order valence-corrected chi connectivity index (χ4v) is 1.40.